The molecule has 0 spiro atoms. The molecule has 0 aliphatic carbocycles. The van der Waals surface area contributed by atoms with Gasteiger partial charge in [-0.1, -0.05) is 49.5 Å². The highest BCUT2D eigenvalue weighted by molar-refractivity contribution is 6.35. The van der Waals surface area contributed by atoms with E-state index in [1.165, 1.54) is 0 Å². The molecule has 0 heterocycles. The summed E-state index contributed by atoms with van der Waals surface area (Å²) in [6.45, 7) is 4.24. The molecular weight excluding hydrogens is 217 g/mol. The molecule has 0 saturated carbocycles. The van der Waals surface area contributed by atoms with Crippen LogP contribution in [0.4, 0.5) is 0 Å². The van der Waals surface area contributed by atoms with Gasteiger partial charge < -0.3 is 5.73 Å². The molecular formula is C11H15Cl2N. The van der Waals surface area contributed by atoms with Crippen molar-refractivity contribution in [3.8, 4) is 0 Å². The SMILES string of the molecule is CCC(C)[C@@H](N)c1ccc(Cl)cc1Cl. The molecule has 1 nitrogen and oxygen atoms in total. The van der Waals surface area contributed by atoms with Gasteiger partial charge in [-0.05, 0) is 23.6 Å². The van der Waals surface area contributed by atoms with Gasteiger partial charge in [0.15, 0.2) is 0 Å². The molecule has 0 aromatic heterocycles. The highest BCUT2D eigenvalue weighted by Crippen LogP contribution is 2.29. The van der Waals surface area contributed by atoms with Gasteiger partial charge in [-0.2, -0.15) is 0 Å². The van der Waals surface area contributed by atoms with Gasteiger partial charge in [0.25, 0.3) is 0 Å². The van der Waals surface area contributed by atoms with Gasteiger partial charge in [0.2, 0.25) is 0 Å². The third-order valence-corrected chi connectivity index (χ3v) is 3.14. The van der Waals surface area contributed by atoms with E-state index in [2.05, 4.69) is 13.8 Å². The van der Waals surface area contributed by atoms with Crippen molar-refractivity contribution >= 4 is 23.2 Å². The molecule has 0 saturated heterocycles. The third-order valence-electron chi connectivity index (χ3n) is 2.58. The van der Waals surface area contributed by atoms with Crippen LogP contribution in [-0.2, 0) is 0 Å². The zero-order chi connectivity index (χ0) is 10.7. The Kier molecular flexibility index (Phi) is 4.24. The zero-order valence-corrected chi connectivity index (χ0v) is 9.94. The molecule has 78 valence electrons. The number of nitrogens with two attached hydrogens (primary N) is 1. The van der Waals surface area contributed by atoms with E-state index in [1.54, 1.807) is 6.07 Å². The fraction of sp³-hybridized carbons (Fsp3) is 0.455. The molecule has 0 aliphatic heterocycles. The molecule has 1 aromatic rings. The topological polar surface area (TPSA) is 26.0 Å². The molecule has 3 heteroatoms. The maximum absolute atomic E-state index is 6.07. The molecule has 0 aliphatic rings. The summed E-state index contributed by atoms with van der Waals surface area (Å²) in [6.07, 6.45) is 1.04. The minimum absolute atomic E-state index is 0.00948. The lowest BCUT2D eigenvalue weighted by atomic mass is 9.93. The molecule has 1 aromatic carbocycles. The predicted molar refractivity (Wildman–Crippen MR) is 62.8 cm³/mol. The summed E-state index contributed by atoms with van der Waals surface area (Å²) >= 11 is 11.9. The summed E-state index contributed by atoms with van der Waals surface area (Å²) in [5.41, 5.74) is 7.05. The van der Waals surface area contributed by atoms with Crippen LogP contribution in [0, 0.1) is 5.92 Å². The average Bonchev–Trinajstić information content (AvgIpc) is 2.15. The molecule has 14 heavy (non-hydrogen) atoms. The van der Waals surface area contributed by atoms with E-state index in [4.69, 9.17) is 28.9 Å². The van der Waals surface area contributed by atoms with Crippen molar-refractivity contribution in [3.63, 3.8) is 0 Å². The summed E-state index contributed by atoms with van der Waals surface area (Å²) in [4.78, 5) is 0. The van der Waals surface area contributed by atoms with Gasteiger partial charge in [0, 0.05) is 16.1 Å². The Morgan fingerprint density at radius 1 is 1.36 bits per heavy atom. The van der Waals surface area contributed by atoms with Crippen molar-refractivity contribution in [2.75, 3.05) is 0 Å². The summed E-state index contributed by atoms with van der Waals surface area (Å²) < 4.78 is 0. The molecule has 0 amide bonds. The van der Waals surface area contributed by atoms with E-state index in [0.29, 0.717) is 16.0 Å². The fourth-order valence-electron chi connectivity index (χ4n) is 1.33. The Labute approximate surface area is 95.2 Å². The van der Waals surface area contributed by atoms with Gasteiger partial charge in [0.05, 0.1) is 0 Å². The number of hydrogen-bond acceptors (Lipinski definition) is 1. The van der Waals surface area contributed by atoms with Crippen molar-refractivity contribution in [2.24, 2.45) is 11.7 Å². The lowest BCUT2D eigenvalue weighted by Crippen LogP contribution is -2.18. The van der Waals surface area contributed by atoms with Crippen molar-refractivity contribution in [1.82, 2.24) is 0 Å². The van der Waals surface area contributed by atoms with Crippen LogP contribution in [0.5, 0.6) is 0 Å². The molecule has 0 radical (unpaired) electrons. The van der Waals surface area contributed by atoms with Crippen molar-refractivity contribution in [1.29, 1.82) is 0 Å². The van der Waals surface area contributed by atoms with Crippen LogP contribution in [0.1, 0.15) is 31.9 Å². The first-order chi connectivity index (χ1) is 6.56. The van der Waals surface area contributed by atoms with Crippen LogP contribution in [0.3, 0.4) is 0 Å². The largest absolute Gasteiger partial charge is 0.324 e. The van der Waals surface area contributed by atoms with Crippen LogP contribution in [-0.4, -0.2) is 0 Å². The molecule has 0 bridgehead atoms. The highest BCUT2D eigenvalue weighted by Gasteiger charge is 2.15. The number of hydrogen-bond donors (Lipinski definition) is 1. The summed E-state index contributed by atoms with van der Waals surface area (Å²) in [5, 5.41) is 1.31. The minimum atomic E-state index is -0.00948. The minimum Gasteiger partial charge on any atom is -0.324 e. The second kappa shape index (κ2) is 5.01. The van der Waals surface area contributed by atoms with Gasteiger partial charge >= 0.3 is 0 Å². The monoisotopic (exact) mass is 231 g/mol. The third kappa shape index (κ3) is 2.63. The summed E-state index contributed by atoms with van der Waals surface area (Å²) in [6, 6.07) is 5.46. The van der Waals surface area contributed by atoms with Crippen LogP contribution in [0.2, 0.25) is 10.0 Å². The molecule has 0 fully saturated rings. The maximum Gasteiger partial charge on any atom is 0.0468 e. The Morgan fingerprint density at radius 2 is 2.00 bits per heavy atom. The molecule has 1 unspecified atom stereocenters. The van der Waals surface area contributed by atoms with Gasteiger partial charge in [-0.3, -0.25) is 0 Å². The van der Waals surface area contributed by atoms with E-state index >= 15 is 0 Å². The average molecular weight is 232 g/mol. The van der Waals surface area contributed by atoms with E-state index in [-0.39, 0.29) is 6.04 Å². The Morgan fingerprint density at radius 3 is 2.50 bits per heavy atom. The van der Waals surface area contributed by atoms with E-state index < -0.39 is 0 Å². The predicted octanol–water partition coefficient (Wildman–Crippen LogP) is 4.04. The summed E-state index contributed by atoms with van der Waals surface area (Å²) in [5.74, 6) is 0.425. The normalized spacial score (nSPS) is 15.2. The Balaban J connectivity index is 2.95. The smallest absolute Gasteiger partial charge is 0.0468 e. The van der Waals surface area contributed by atoms with Crippen LogP contribution in [0.15, 0.2) is 18.2 Å². The fourth-order valence-corrected chi connectivity index (χ4v) is 1.87. The Bertz CT molecular complexity index is 312. The van der Waals surface area contributed by atoms with Gasteiger partial charge in [-0.25, -0.2) is 0 Å². The second-order valence-corrected chi connectivity index (χ2v) is 4.42. The zero-order valence-electron chi connectivity index (χ0n) is 8.43. The second-order valence-electron chi connectivity index (χ2n) is 3.58. The van der Waals surface area contributed by atoms with E-state index in [1.807, 2.05) is 12.1 Å². The number of halogens is 2. The van der Waals surface area contributed by atoms with Crippen LogP contribution >= 0.6 is 23.2 Å². The van der Waals surface area contributed by atoms with E-state index in [9.17, 15) is 0 Å². The quantitative estimate of drug-likeness (QED) is 0.836. The lowest BCUT2D eigenvalue weighted by Gasteiger charge is -2.19. The first-order valence-electron chi connectivity index (χ1n) is 4.76. The molecule has 2 N–H and O–H groups in total. The first kappa shape index (κ1) is 11.8. The maximum atomic E-state index is 6.07. The van der Waals surface area contributed by atoms with Crippen LogP contribution < -0.4 is 5.73 Å². The molecule has 2 atom stereocenters. The van der Waals surface area contributed by atoms with Crippen molar-refractivity contribution in [3.05, 3.63) is 33.8 Å². The van der Waals surface area contributed by atoms with E-state index in [0.717, 1.165) is 12.0 Å². The van der Waals surface area contributed by atoms with Crippen LogP contribution in [0.25, 0.3) is 0 Å². The van der Waals surface area contributed by atoms with Crippen molar-refractivity contribution in [2.45, 2.75) is 26.3 Å². The van der Waals surface area contributed by atoms with Crippen molar-refractivity contribution < 1.29 is 0 Å². The first-order valence-corrected chi connectivity index (χ1v) is 5.52. The number of benzene rings is 1. The highest BCUT2D eigenvalue weighted by atomic mass is 35.5. The molecule has 1 rings (SSSR count). The Hall–Kier alpha value is -0.240. The lowest BCUT2D eigenvalue weighted by molar-refractivity contribution is 0.457. The van der Waals surface area contributed by atoms with Gasteiger partial charge in [-0.15, -0.1) is 0 Å². The summed E-state index contributed by atoms with van der Waals surface area (Å²) in [7, 11) is 0. The number of rotatable bonds is 3. The van der Waals surface area contributed by atoms with Gasteiger partial charge in [0.1, 0.15) is 0 Å². The standard InChI is InChI=1S/C11H15Cl2N/c1-3-7(2)11(14)9-5-4-8(12)6-10(9)13/h4-7,11H,3,14H2,1-2H3/t7?,11-/m1/s1.